The van der Waals surface area contributed by atoms with E-state index in [1.165, 1.54) is 18.3 Å². The monoisotopic (exact) mass is 183 g/mol. The summed E-state index contributed by atoms with van der Waals surface area (Å²) in [5.41, 5.74) is -0.129. The first-order valence-corrected chi connectivity index (χ1v) is 3.92. The number of hydrogen-bond acceptors (Lipinski definition) is 3. The van der Waals surface area contributed by atoms with Gasteiger partial charge in [0.15, 0.2) is 0 Å². The van der Waals surface area contributed by atoms with Crippen LogP contribution in [0.1, 0.15) is 24.2 Å². The van der Waals surface area contributed by atoms with Crippen LogP contribution in [0.2, 0.25) is 0 Å². The Labute approximate surface area is 75.6 Å². The number of carbonyl (C=O) groups is 1. The quantitative estimate of drug-likeness (QED) is 0.518. The second-order valence-electron chi connectivity index (χ2n) is 2.80. The van der Waals surface area contributed by atoms with Crippen molar-refractivity contribution in [3.8, 4) is 0 Å². The summed E-state index contributed by atoms with van der Waals surface area (Å²) >= 11 is 0. The van der Waals surface area contributed by atoms with Crippen LogP contribution in [0, 0.1) is 5.95 Å². The van der Waals surface area contributed by atoms with E-state index in [0.717, 1.165) is 0 Å². The Bertz CT molecular complexity index is 312. The highest BCUT2D eigenvalue weighted by Gasteiger charge is 2.14. The number of nitrogens with zero attached hydrogens (tertiary/aromatic N) is 1. The molecule has 3 nitrogen and oxygen atoms in total. The van der Waals surface area contributed by atoms with Crippen LogP contribution < -0.4 is 0 Å². The van der Waals surface area contributed by atoms with Gasteiger partial charge < -0.3 is 4.74 Å². The fourth-order valence-electron chi connectivity index (χ4n) is 0.816. The molecule has 0 saturated carbocycles. The molecule has 0 unspecified atom stereocenters. The number of ether oxygens (including phenoxy) is 1. The lowest BCUT2D eigenvalue weighted by Gasteiger charge is -2.07. The van der Waals surface area contributed by atoms with Gasteiger partial charge in [0.25, 0.3) is 0 Å². The van der Waals surface area contributed by atoms with Gasteiger partial charge in [0.05, 0.1) is 6.10 Å². The fourth-order valence-corrected chi connectivity index (χ4v) is 0.816. The zero-order valence-electron chi connectivity index (χ0n) is 7.45. The van der Waals surface area contributed by atoms with Crippen molar-refractivity contribution in [3.05, 3.63) is 29.8 Å². The Kier molecular flexibility index (Phi) is 2.95. The van der Waals surface area contributed by atoms with E-state index in [1.807, 2.05) is 0 Å². The Balaban J connectivity index is 2.83. The summed E-state index contributed by atoms with van der Waals surface area (Å²) < 4.78 is 17.7. The molecular weight excluding hydrogens is 173 g/mol. The topological polar surface area (TPSA) is 39.2 Å². The molecule has 13 heavy (non-hydrogen) atoms. The molecule has 0 atom stereocenters. The van der Waals surface area contributed by atoms with E-state index in [1.54, 1.807) is 13.8 Å². The Morgan fingerprint density at radius 2 is 2.31 bits per heavy atom. The first-order valence-electron chi connectivity index (χ1n) is 3.92. The first-order chi connectivity index (χ1) is 6.11. The van der Waals surface area contributed by atoms with E-state index in [0.29, 0.717) is 0 Å². The standard InChI is InChI=1S/C9H10FNO2/c1-6(2)13-9(12)7-4-3-5-11-8(7)10/h3-6H,1-2H3. The van der Waals surface area contributed by atoms with Gasteiger partial charge in [-0.15, -0.1) is 0 Å². The van der Waals surface area contributed by atoms with Crippen molar-refractivity contribution in [2.24, 2.45) is 0 Å². The molecule has 0 bridgehead atoms. The Morgan fingerprint density at radius 1 is 1.62 bits per heavy atom. The number of esters is 1. The van der Waals surface area contributed by atoms with Gasteiger partial charge in [-0.1, -0.05) is 0 Å². The molecule has 4 heteroatoms. The van der Waals surface area contributed by atoms with E-state index in [9.17, 15) is 9.18 Å². The van der Waals surface area contributed by atoms with Crippen molar-refractivity contribution >= 4 is 5.97 Å². The molecule has 1 rings (SSSR count). The predicted octanol–water partition coefficient (Wildman–Crippen LogP) is 1.79. The van der Waals surface area contributed by atoms with Gasteiger partial charge >= 0.3 is 5.97 Å². The SMILES string of the molecule is CC(C)OC(=O)c1cccnc1F. The molecule has 1 aromatic heterocycles. The number of carbonyl (C=O) groups excluding carboxylic acids is 1. The van der Waals surface area contributed by atoms with Crippen LogP contribution in [0.5, 0.6) is 0 Å². The summed E-state index contributed by atoms with van der Waals surface area (Å²) in [6, 6.07) is 2.83. The van der Waals surface area contributed by atoms with E-state index in [-0.39, 0.29) is 11.7 Å². The number of hydrogen-bond donors (Lipinski definition) is 0. The average Bonchev–Trinajstić information content (AvgIpc) is 2.03. The van der Waals surface area contributed by atoms with E-state index in [2.05, 4.69) is 4.98 Å². The molecule has 0 spiro atoms. The van der Waals surface area contributed by atoms with Gasteiger partial charge in [-0.25, -0.2) is 9.78 Å². The zero-order valence-corrected chi connectivity index (χ0v) is 7.45. The normalized spacial score (nSPS) is 10.2. The van der Waals surface area contributed by atoms with Crippen molar-refractivity contribution in [1.29, 1.82) is 0 Å². The number of rotatable bonds is 2. The highest BCUT2D eigenvalue weighted by molar-refractivity contribution is 5.89. The van der Waals surface area contributed by atoms with Gasteiger partial charge in [0.2, 0.25) is 5.95 Å². The fraction of sp³-hybridized carbons (Fsp3) is 0.333. The van der Waals surface area contributed by atoms with Gasteiger partial charge in [0.1, 0.15) is 5.56 Å². The lowest BCUT2D eigenvalue weighted by atomic mass is 10.3. The van der Waals surface area contributed by atoms with Crippen LogP contribution >= 0.6 is 0 Å². The van der Waals surface area contributed by atoms with Crippen molar-refractivity contribution in [2.75, 3.05) is 0 Å². The molecule has 0 amide bonds. The molecular formula is C9H10FNO2. The second-order valence-corrected chi connectivity index (χ2v) is 2.80. The summed E-state index contributed by atoms with van der Waals surface area (Å²) in [4.78, 5) is 14.5. The molecule has 0 N–H and O–H groups in total. The van der Waals surface area contributed by atoms with Crippen LogP contribution in [0.15, 0.2) is 18.3 Å². The Hall–Kier alpha value is -1.45. The van der Waals surface area contributed by atoms with Gasteiger partial charge in [0, 0.05) is 6.20 Å². The molecule has 0 saturated heterocycles. The van der Waals surface area contributed by atoms with Crippen molar-refractivity contribution in [1.82, 2.24) is 4.98 Å². The third-order valence-electron chi connectivity index (χ3n) is 1.32. The smallest absolute Gasteiger partial charge is 0.343 e. The third-order valence-corrected chi connectivity index (χ3v) is 1.32. The zero-order chi connectivity index (χ0) is 9.84. The van der Waals surface area contributed by atoms with Crippen LogP contribution in [-0.2, 0) is 4.74 Å². The second kappa shape index (κ2) is 3.98. The summed E-state index contributed by atoms with van der Waals surface area (Å²) in [6.45, 7) is 3.40. The van der Waals surface area contributed by atoms with Gasteiger partial charge in [-0.05, 0) is 26.0 Å². The number of aromatic nitrogens is 1. The summed E-state index contributed by atoms with van der Waals surface area (Å²) in [6.07, 6.45) is 1.02. The minimum Gasteiger partial charge on any atom is -0.459 e. The van der Waals surface area contributed by atoms with Gasteiger partial charge in [-0.2, -0.15) is 4.39 Å². The summed E-state index contributed by atoms with van der Waals surface area (Å²) in [5, 5.41) is 0. The molecule has 0 fully saturated rings. The Morgan fingerprint density at radius 3 is 2.85 bits per heavy atom. The maximum atomic E-state index is 12.9. The van der Waals surface area contributed by atoms with E-state index < -0.39 is 11.9 Å². The molecule has 0 radical (unpaired) electrons. The van der Waals surface area contributed by atoms with Crippen molar-refractivity contribution < 1.29 is 13.9 Å². The average molecular weight is 183 g/mol. The molecule has 0 aliphatic carbocycles. The summed E-state index contributed by atoms with van der Waals surface area (Å²) in [5.74, 6) is -1.48. The lowest BCUT2D eigenvalue weighted by Crippen LogP contribution is -2.13. The third kappa shape index (κ3) is 2.50. The first kappa shape index (κ1) is 9.64. The minimum atomic E-state index is -0.798. The minimum absolute atomic E-state index is 0.129. The van der Waals surface area contributed by atoms with Crippen LogP contribution in [0.3, 0.4) is 0 Å². The molecule has 1 heterocycles. The highest BCUT2D eigenvalue weighted by atomic mass is 19.1. The molecule has 0 aliphatic rings. The maximum Gasteiger partial charge on any atom is 0.343 e. The maximum absolute atomic E-state index is 12.9. The van der Waals surface area contributed by atoms with Crippen LogP contribution in [0.4, 0.5) is 4.39 Å². The molecule has 1 aromatic rings. The molecule has 0 aliphatic heterocycles. The predicted molar refractivity (Wildman–Crippen MR) is 44.7 cm³/mol. The van der Waals surface area contributed by atoms with Crippen molar-refractivity contribution in [3.63, 3.8) is 0 Å². The number of halogens is 1. The van der Waals surface area contributed by atoms with E-state index in [4.69, 9.17) is 4.74 Å². The van der Waals surface area contributed by atoms with E-state index >= 15 is 0 Å². The lowest BCUT2D eigenvalue weighted by molar-refractivity contribution is 0.0371. The van der Waals surface area contributed by atoms with Crippen LogP contribution in [0.25, 0.3) is 0 Å². The molecule has 0 aromatic carbocycles. The highest BCUT2D eigenvalue weighted by Crippen LogP contribution is 2.06. The summed E-state index contributed by atoms with van der Waals surface area (Å²) in [7, 11) is 0. The van der Waals surface area contributed by atoms with Crippen molar-refractivity contribution in [2.45, 2.75) is 20.0 Å². The largest absolute Gasteiger partial charge is 0.459 e. The van der Waals surface area contributed by atoms with Crippen LogP contribution in [-0.4, -0.2) is 17.1 Å². The van der Waals surface area contributed by atoms with Gasteiger partial charge in [-0.3, -0.25) is 0 Å². The molecule has 70 valence electrons. The number of pyridine rings is 1.